The number of halogens is 3. The third-order valence-electron chi connectivity index (χ3n) is 4.52. The van der Waals surface area contributed by atoms with E-state index in [9.17, 15) is 26.4 Å². The van der Waals surface area contributed by atoms with Gasteiger partial charge in [0.05, 0.1) is 11.4 Å². The van der Waals surface area contributed by atoms with Crippen molar-refractivity contribution in [1.82, 2.24) is 14.5 Å². The number of hydrogen-bond donors (Lipinski definition) is 1. The zero-order valence-electron chi connectivity index (χ0n) is 16.4. The Kier molecular flexibility index (Phi) is 7.89. The van der Waals surface area contributed by atoms with Gasteiger partial charge in [-0.15, -0.1) is 13.2 Å². The van der Waals surface area contributed by atoms with Crippen LogP contribution in [0.15, 0.2) is 29.2 Å². The first-order valence-electron chi connectivity index (χ1n) is 9.39. The third kappa shape index (κ3) is 7.16. The normalized spacial score (nSPS) is 17.7. The van der Waals surface area contributed by atoms with Crippen LogP contribution >= 0.6 is 0 Å². The van der Waals surface area contributed by atoms with Crippen LogP contribution < -0.4 is 10.1 Å². The van der Waals surface area contributed by atoms with Gasteiger partial charge in [0, 0.05) is 32.2 Å². The second-order valence-corrected chi connectivity index (χ2v) is 8.89. The predicted molar refractivity (Wildman–Crippen MR) is 101 cm³/mol. The average molecular weight is 437 g/mol. The van der Waals surface area contributed by atoms with Gasteiger partial charge in [0.25, 0.3) is 0 Å². The summed E-state index contributed by atoms with van der Waals surface area (Å²) in [6.45, 7) is 5.36. The summed E-state index contributed by atoms with van der Waals surface area (Å²) in [5.41, 5.74) is 0. The standard InChI is InChI=1S/C18H26F3N3O4S/c1-3-4-14(2)22-17(25)13-23-9-11-24(12-10-23)29(26,27)16-7-5-15(6-8-16)28-18(19,20)21/h5-8,14H,3-4,9-13H2,1-2H3,(H,22,25)/t14-/m0/s1. The molecule has 1 aliphatic rings. The smallest absolute Gasteiger partial charge is 0.406 e. The lowest BCUT2D eigenvalue weighted by Gasteiger charge is -2.33. The molecular weight excluding hydrogens is 411 g/mol. The highest BCUT2D eigenvalue weighted by Gasteiger charge is 2.32. The second kappa shape index (κ2) is 9.77. The van der Waals surface area contributed by atoms with Gasteiger partial charge in [0.2, 0.25) is 15.9 Å². The molecular formula is C18H26F3N3O4S. The van der Waals surface area contributed by atoms with Crippen molar-refractivity contribution >= 4 is 15.9 Å². The van der Waals surface area contributed by atoms with Crippen molar-refractivity contribution in [3.8, 4) is 5.75 Å². The summed E-state index contributed by atoms with van der Waals surface area (Å²) in [5.74, 6) is -0.577. The summed E-state index contributed by atoms with van der Waals surface area (Å²) in [7, 11) is -3.83. The molecule has 1 aliphatic heterocycles. The quantitative estimate of drug-likeness (QED) is 0.675. The van der Waals surface area contributed by atoms with Crippen molar-refractivity contribution in [2.24, 2.45) is 0 Å². The van der Waals surface area contributed by atoms with Crippen molar-refractivity contribution in [2.75, 3.05) is 32.7 Å². The number of benzene rings is 1. The van der Waals surface area contributed by atoms with Crippen LogP contribution in [0.25, 0.3) is 0 Å². The number of hydrogen-bond acceptors (Lipinski definition) is 5. The summed E-state index contributed by atoms with van der Waals surface area (Å²) in [4.78, 5) is 13.8. The number of alkyl halides is 3. The zero-order valence-corrected chi connectivity index (χ0v) is 17.2. The Bertz CT molecular complexity index is 777. The zero-order chi connectivity index (χ0) is 21.7. The van der Waals surface area contributed by atoms with Crippen molar-refractivity contribution in [2.45, 2.75) is 44.0 Å². The molecule has 2 rings (SSSR count). The maximum atomic E-state index is 12.7. The summed E-state index contributed by atoms with van der Waals surface area (Å²) >= 11 is 0. The van der Waals surface area contributed by atoms with Gasteiger partial charge in [-0.1, -0.05) is 13.3 Å². The Balaban J connectivity index is 1.90. The van der Waals surface area contributed by atoms with E-state index in [-0.39, 0.29) is 36.5 Å². The largest absolute Gasteiger partial charge is 0.573 e. The molecule has 0 spiro atoms. The maximum Gasteiger partial charge on any atom is 0.573 e. The Morgan fingerprint density at radius 3 is 2.28 bits per heavy atom. The number of carbonyl (C=O) groups is 1. The van der Waals surface area contributed by atoms with Crippen LogP contribution in [0.5, 0.6) is 5.75 Å². The Hall–Kier alpha value is -1.85. The van der Waals surface area contributed by atoms with Crippen molar-refractivity contribution in [3.05, 3.63) is 24.3 Å². The lowest BCUT2D eigenvalue weighted by molar-refractivity contribution is -0.274. The van der Waals surface area contributed by atoms with E-state index in [0.717, 1.165) is 37.1 Å². The minimum atomic E-state index is -4.84. The highest BCUT2D eigenvalue weighted by molar-refractivity contribution is 7.89. The molecule has 1 saturated heterocycles. The number of rotatable bonds is 8. The SMILES string of the molecule is CCC[C@H](C)NC(=O)CN1CCN(S(=O)(=O)c2ccc(OC(F)(F)F)cc2)CC1. The summed E-state index contributed by atoms with van der Waals surface area (Å²) in [6.07, 6.45) is -2.97. The van der Waals surface area contributed by atoms with Crippen molar-refractivity contribution < 1.29 is 31.1 Å². The first-order valence-corrected chi connectivity index (χ1v) is 10.8. The molecule has 11 heteroatoms. The summed E-state index contributed by atoms with van der Waals surface area (Å²) in [5, 5.41) is 2.91. The fourth-order valence-corrected chi connectivity index (χ4v) is 4.54. The molecule has 29 heavy (non-hydrogen) atoms. The summed E-state index contributed by atoms with van der Waals surface area (Å²) in [6, 6.07) is 4.21. The van der Waals surface area contributed by atoms with Crippen LogP contribution in [0.2, 0.25) is 0 Å². The van der Waals surface area contributed by atoms with Crippen LogP contribution in [0.3, 0.4) is 0 Å². The van der Waals surface area contributed by atoms with Gasteiger partial charge in [0.1, 0.15) is 5.75 Å². The van der Waals surface area contributed by atoms with Gasteiger partial charge in [-0.05, 0) is 37.6 Å². The maximum absolute atomic E-state index is 12.7. The van der Waals surface area contributed by atoms with E-state index in [4.69, 9.17) is 0 Å². The van der Waals surface area contributed by atoms with E-state index >= 15 is 0 Å². The van der Waals surface area contributed by atoms with Crippen molar-refractivity contribution in [1.29, 1.82) is 0 Å². The predicted octanol–water partition coefficient (Wildman–Crippen LogP) is 2.20. The van der Waals surface area contributed by atoms with Crippen LogP contribution in [0.1, 0.15) is 26.7 Å². The number of piperazine rings is 1. The number of nitrogens with zero attached hydrogens (tertiary/aromatic N) is 2. The number of carbonyl (C=O) groups excluding carboxylic acids is 1. The highest BCUT2D eigenvalue weighted by atomic mass is 32.2. The Morgan fingerprint density at radius 1 is 1.17 bits per heavy atom. The van der Waals surface area contributed by atoms with E-state index in [1.165, 1.54) is 4.31 Å². The molecule has 1 heterocycles. The molecule has 0 aromatic heterocycles. The molecule has 0 saturated carbocycles. The lowest BCUT2D eigenvalue weighted by atomic mass is 10.2. The van der Waals surface area contributed by atoms with Crippen LogP contribution in [-0.4, -0.2) is 68.7 Å². The van der Waals surface area contributed by atoms with Crippen LogP contribution in [0, 0.1) is 0 Å². The molecule has 1 atom stereocenters. The van der Waals surface area contributed by atoms with E-state index in [1.54, 1.807) is 0 Å². The van der Waals surface area contributed by atoms with Crippen molar-refractivity contribution in [3.63, 3.8) is 0 Å². The van der Waals surface area contributed by atoms with Gasteiger partial charge >= 0.3 is 6.36 Å². The fraction of sp³-hybridized carbons (Fsp3) is 0.611. The number of amides is 1. The van der Waals surface area contributed by atoms with Gasteiger partial charge in [-0.25, -0.2) is 8.42 Å². The van der Waals surface area contributed by atoms with Crippen LogP contribution in [-0.2, 0) is 14.8 Å². The number of nitrogens with one attached hydrogen (secondary N) is 1. The first kappa shape index (κ1) is 23.4. The molecule has 0 radical (unpaired) electrons. The van der Waals surface area contributed by atoms with Gasteiger partial charge < -0.3 is 10.1 Å². The van der Waals surface area contributed by atoms with E-state index in [1.807, 2.05) is 18.7 Å². The molecule has 0 unspecified atom stereocenters. The molecule has 1 N–H and O–H groups in total. The Labute approximate surface area is 168 Å². The fourth-order valence-electron chi connectivity index (χ4n) is 3.12. The minimum Gasteiger partial charge on any atom is -0.406 e. The van der Waals surface area contributed by atoms with E-state index in [2.05, 4.69) is 10.1 Å². The minimum absolute atomic E-state index is 0.0949. The average Bonchev–Trinajstić information content (AvgIpc) is 2.61. The van der Waals surface area contributed by atoms with E-state index in [0.29, 0.717) is 13.1 Å². The van der Waals surface area contributed by atoms with Gasteiger partial charge in [0.15, 0.2) is 0 Å². The lowest BCUT2D eigenvalue weighted by Crippen LogP contribution is -2.51. The van der Waals surface area contributed by atoms with Gasteiger partial charge in [-0.3, -0.25) is 9.69 Å². The first-order chi connectivity index (χ1) is 13.5. The number of sulfonamides is 1. The van der Waals surface area contributed by atoms with Crippen LogP contribution in [0.4, 0.5) is 13.2 Å². The summed E-state index contributed by atoms with van der Waals surface area (Å²) < 4.78 is 67.1. The molecule has 1 fully saturated rings. The third-order valence-corrected chi connectivity index (χ3v) is 6.44. The molecule has 164 valence electrons. The molecule has 0 bridgehead atoms. The second-order valence-electron chi connectivity index (χ2n) is 6.96. The Morgan fingerprint density at radius 2 is 1.76 bits per heavy atom. The topological polar surface area (TPSA) is 79.0 Å². The monoisotopic (exact) mass is 437 g/mol. The molecule has 0 aliphatic carbocycles. The molecule has 1 aromatic carbocycles. The number of ether oxygens (including phenoxy) is 1. The van der Waals surface area contributed by atoms with E-state index < -0.39 is 22.1 Å². The molecule has 1 aromatic rings. The van der Waals surface area contributed by atoms with Gasteiger partial charge in [-0.2, -0.15) is 4.31 Å². The molecule has 7 nitrogen and oxygen atoms in total. The molecule has 1 amide bonds. The highest BCUT2D eigenvalue weighted by Crippen LogP contribution is 2.25.